The van der Waals surface area contributed by atoms with Gasteiger partial charge in [0.05, 0.1) is 12.2 Å². The Morgan fingerprint density at radius 1 is 1.29 bits per heavy atom. The number of hydrogen-bond donors (Lipinski definition) is 1. The molecular weight excluding hydrogens is 305 g/mol. The molecule has 0 amide bonds. The van der Waals surface area contributed by atoms with Gasteiger partial charge in [-0.1, -0.05) is 11.6 Å². The van der Waals surface area contributed by atoms with Gasteiger partial charge >= 0.3 is 0 Å². The lowest BCUT2D eigenvalue weighted by molar-refractivity contribution is -0.126. The van der Waals surface area contributed by atoms with Crippen LogP contribution in [-0.4, -0.2) is 26.0 Å². The topological polar surface area (TPSA) is 30.5 Å². The zero-order valence-corrected chi connectivity index (χ0v) is 12.3. The highest BCUT2D eigenvalue weighted by atomic mass is 79.9. The molecule has 0 aliphatic rings. The lowest BCUT2D eigenvalue weighted by Gasteiger charge is -2.18. The Balaban J connectivity index is 2.55. The van der Waals surface area contributed by atoms with Gasteiger partial charge in [-0.05, 0) is 48.0 Å². The van der Waals surface area contributed by atoms with Gasteiger partial charge in [-0.2, -0.15) is 0 Å². The molecule has 0 aliphatic heterocycles. The van der Waals surface area contributed by atoms with E-state index < -0.39 is 0 Å². The second kappa shape index (κ2) is 7.93. The molecule has 0 radical (unpaired) electrons. The van der Waals surface area contributed by atoms with Crippen molar-refractivity contribution in [1.29, 1.82) is 0 Å². The standard InChI is InChI=1S/C12H17BrClNO2/c1-3-16-12(17-4-2)8-15-11-7-9(14)5-6-10(11)13/h5-7,12,15H,3-4,8H2,1-2H3. The van der Waals surface area contributed by atoms with Crippen molar-refractivity contribution in [1.82, 2.24) is 0 Å². The average Bonchev–Trinajstić information content (AvgIpc) is 2.30. The SMILES string of the molecule is CCOC(CNc1cc(Cl)ccc1Br)OCC. The van der Waals surface area contributed by atoms with E-state index in [1.807, 2.05) is 32.0 Å². The van der Waals surface area contributed by atoms with Gasteiger partial charge < -0.3 is 14.8 Å². The van der Waals surface area contributed by atoms with E-state index in [9.17, 15) is 0 Å². The molecule has 5 heteroatoms. The van der Waals surface area contributed by atoms with E-state index in [-0.39, 0.29) is 6.29 Å². The number of ether oxygens (including phenoxy) is 2. The molecule has 0 aromatic heterocycles. The van der Waals surface area contributed by atoms with Crippen LogP contribution in [0.3, 0.4) is 0 Å². The smallest absolute Gasteiger partial charge is 0.174 e. The van der Waals surface area contributed by atoms with Gasteiger partial charge in [0, 0.05) is 22.7 Å². The first-order chi connectivity index (χ1) is 8.17. The van der Waals surface area contributed by atoms with Crippen molar-refractivity contribution < 1.29 is 9.47 Å². The van der Waals surface area contributed by atoms with Crippen LogP contribution >= 0.6 is 27.5 Å². The van der Waals surface area contributed by atoms with Crippen molar-refractivity contribution in [3.8, 4) is 0 Å². The third-order valence-corrected chi connectivity index (χ3v) is 3.02. The molecule has 0 fully saturated rings. The summed E-state index contributed by atoms with van der Waals surface area (Å²) in [7, 11) is 0. The van der Waals surface area contributed by atoms with Gasteiger partial charge in [0.15, 0.2) is 6.29 Å². The summed E-state index contributed by atoms with van der Waals surface area (Å²) >= 11 is 9.39. The number of anilines is 1. The summed E-state index contributed by atoms with van der Waals surface area (Å²) in [6, 6.07) is 5.60. The molecule has 1 aromatic carbocycles. The van der Waals surface area contributed by atoms with Crippen LogP contribution in [0.1, 0.15) is 13.8 Å². The molecular formula is C12H17BrClNO2. The second-order valence-electron chi connectivity index (χ2n) is 3.35. The zero-order valence-electron chi connectivity index (χ0n) is 10.0. The molecule has 96 valence electrons. The second-order valence-corrected chi connectivity index (χ2v) is 4.64. The number of halogens is 2. The highest BCUT2D eigenvalue weighted by molar-refractivity contribution is 9.10. The molecule has 0 unspecified atom stereocenters. The predicted molar refractivity (Wildman–Crippen MR) is 74.7 cm³/mol. The third kappa shape index (κ3) is 5.25. The molecule has 0 aliphatic carbocycles. The monoisotopic (exact) mass is 321 g/mol. The number of rotatable bonds is 7. The van der Waals surface area contributed by atoms with Crippen LogP contribution in [0.25, 0.3) is 0 Å². The summed E-state index contributed by atoms with van der Waals surface area (Å²) in [5, 5.41) is 3.94. The molecule has 0 saturated carbocycles. The maximum absolute atomic E-state index is 5.93. The zero-order chi connectivity index (χ0) is 12.7. The van der Waals surface area contributed by atoms with Crippen molar-refractivity contribution >= 4 is 33.2 Å². The Morgan fingerprint density at radius 3 is 2.53 bits per heavy atom. The molecule has 3 nitrogen and oxygen atoms in total. The first kappa shape index (κ1) is 14.8. The van der Waals surface area contributed by atoms with Crippen LogP contribution in [0.15, 0.2) is 22.7 Å². The summed E-state index contributed by atoms with van der Waals surface area (Å²) in [5.74, 6) is 0. The lowest BCUT2D eigenvalue weighted by atomic mass is 10.3. The maximum atomic E-state index is 5.93. The highest BCUT2D eigenvalue weighted by Crippen LogP contribution is 2.25. The molecule has 0 bridgehead atoms. The highest BCUT2D eigenvalue weighted by Gasteiger charge is 2.08. The van der Waals surface area contributed by atoms with Gasteiger partial charge in [-0.25, -0.2) is 0 Å². The van der Waals surface area contributed by atoms with E-state index in [4.69, 9.17) is 21.1 Å². The first-order valence-corrected chi connectivity index (χ1v) is 6.76. The van der Waals surface area contributed by atoms with Crippen LogP contribution in [-0.2, 0) is 9.47 Å². The summed E-state index contributed by atoms with van der Waals surface area (Å²) in [4.78, 5) is 0. The van der Waals surface area contributed by atoms with E-state index in [1.54, 1.807) is 0 Å². The van der Waals surface area contributed by atoms with E-state index >= 15 is 0 Å². The Bertz CT molecular complexity index is 343. The lowest BCUT2D eigenvalue weighted by Crippen LogP contribution is -2.26. The normalized spacial score (nSPS) is 10.9. The van der Waals surface area contributed by atoms with E-state index in [1.165, 1.54) is 0 Å². The van der Waals surface area contributed by atoms with Crippen molar-refractivity contribution in [2.45, 2.75) is 20.1 Å². The van der Waals surface area contributed by atoms with Crippen LogP contribution in [0.2, 0.25) is 5.02 Å². The summed E-state index contributed by atoms with van der Waals surface area (Å²) in [6.07, 6.45) is -0.240. The summed E-state index contributed by atoms with van der Waals surface area (Å²) < 4.78 is 11.8. The fourth-order valence-electron chi connectivity index (χ4n) is 1.36. The Hall–Kier alpha value is -0.290. The molecule has 1 N–H and O–H groups in total. The van der Waals surface area contributed by atoms with Gasteiger partial charge in [0.25, 0.3) is 0 Å². The molecule has 1 rings (SSSR count). The van der Waals surface area contributed by atoms with Crippen molar-refractivity contribution in [2.24, 2.45) is 0 Å². The minimum atomic E-state index is -0.240. The molecule has 1 aromatic rings. The Kier molecular flexibility index (Phi) is 6.89. The van der Waals surface area contributed by atoms with Crippen LogP contribution in [0, 0.1) is 0 Å². The summed E-state index contributed by atoms with van der Waals surface area (Å²) in [6.45, 7) is 5.73. The molecule has 0 atom stereocenters. The van der Waals surface area contributed by atoms with E-state index in [2.05, 4.69) is 21.2 Å². The van der Waals surface area contributed by atoms with Gasteiger partial charge in [-0.3, -0.25) is 0 Å². The van der Waals surface area contributed by atoms with Gasteiger partial charge in [-0.15, -0.1) is 0 Å². The summed E-state index contributed by atoms with van der Waals surface area (Å²) in [5.41, 5.74) is 0.932. The van der Waals surface area contributed by atoms with Gasteiger partial charge in [0.2, 0.25) is 0 Å². The molecule has 0 spiro atoms. The molecule has 17 heavy (non-hydrogen) atoms. The van der Waals surface area contributed by atoms with Crippen LogP contribution in [0.4, 0.5) is 5.69 Å². The predicted octanol–water partition coefficient (Wildman–Crippen LogP) is 3.91. The van der Waals surface area contributed by atoms with Crippen molar-refractivity contribution in [2.75, 3.05) is 25.1 Å². The quantitative estimate of drug-likeness (QED) is 0.772. The number of nitrogens with one attached hydrogen (secondary N) is 1. The molecule has 0 heterocycles. The Morgan fingerprint density at radius 2 is 1.94 bits per heavy atom. The fourth-order valence-corrected chi connectivity index (χ4v) is 1.92. The third-order valence-electron chi connectivity index (χ3n) is 2.09. The van der Waals surface area contributed by atoms with Crippen molar-refractivity contribution in [3.05, 3.63) is 27.7 Å². The minimum Gasteiger partial charge on any atom is -0.379 e. The average molecular weight is 323 g/mol. The number of benzene rings is 1. The first-order valence-electron chi connectivity index (χ1n) is 5.59. The largest absolute Gasteiger partial charge is 0.379 e. The van der Waals surface area contributed by atoms with Crippen LogP contribution < -0.4 is 5.32 Å². The minimum absolute atomic E-state index is 0.240. The van der Waals surface area contributed by atoms with E-state index in [0.29, 0.717) is 24.8 Å². The number of hydrogen-bond acceptors (Lipinski definition) is 3. The fraction of sp³-hybridized carbons (Fsp3) is 0.500. The Labute approximate surface area is 116 Å². The van der Waals surface area contributed by atoms with Crippen molar-refractivity contribution in [3.63, 3.8) is 0 Å². The van der Waals surface area contributed by atoms with Crippen LogP contribution in [0.5, 0.6) is 0 Å². The maximum Gasteiger partial charge on any atom is 0.174 e. The van der Waals surface area contributed by atoms with E-state index in [0.717, 1.165) is 10.2 Å². The van der Waals surface area contributed by atoms with Gasteiger partial charge in [0.1, 0.15) is 0 Å². The molecule has 0 saturated heterocycles.